The van der Waals surface area contributed by atoms with Gasteiger partial charge in [0.2, 0.25) is 0 Å². The van der Waals surface area contributed by atoms with Gasteiger partial charge in [-0.15, -0.1) is 0 Å². The highest BCUT2D eigenvalue weighted by atomic mass is 35.5. The summed E-state index contributed by atoms with van der Waals surface area (Å²) in [5, 5.41) is 10.7. The van der Waals surface area contributed by atoms with Gasteiger partial charge in [0.1, 0.15) is 5.75 Å². The minimum atomic E-state index is -0.418. The van der Waals surface area contributed by atoms with E-state index in [1.165, 1.54) is 5.56 Å². The molecule has 2 nitrogen and oxygen atoms in total. The maximum atomic E-state index is 10.0. The molecule has 0 fully saturated rings. The van der Waals surface area contributed by atoms with Gasteiger partial charge in [0, 0.05) is 11.4 Å². The molecule has 3 heteroatoms. The highest BCUT2D eigenvalue weighted by Gasteiger charge is 2.06. The largest absolute Gasteiger partial charge is 0.493 e. The topological polar surface area (TPSA) is 29.5 Å². The third-order valence-electron chi connectivity index (χ3n) is 3.07. The van der Waals surface area contributed by atoms with Crippen LogP contribution in [-0.4, -0.2) is 17.8 Å². The van der Waals surface area contributed by atoms with Gasteiger partial charge in [0.05, 0.1) is 12.7 Å². The quantitative estimate of drug-likeness (QED) is 0.871. The Bertz CT molecular complexity index is 554. The second kappa shape index (κ2) is 7.32. The van der Waals surface area contributed by atoms with Crippen LogP contribution in [-0.2, 0) is 6.42 Å². The van der Waals surface area contributed by atoms with Gasteiger partial charge in [-0.3, -0.25) is 0 Å². The van der Waals surface area contributed by atoms with Crippen LogP contribution < -0.4 is 4.74 Å². The van der Waals surface area contributed by atoms with Crippen molar-refractivity contribution in [3.05, 3.63) is 64.7 Å². The van der Waals surface area contributed by atoms with Crippen LogP contribution in [0.4, 0.5) is 0 Å². The maximum Gasteiger partial charge on any atom is 0.119 e. The second-order valence-electron chi connectivity index (χ2n) is 4.94. The molecular weight excluding hydrogens is 272 g/mol. The fourth-order valence-corrected chi connectivity index (χ4v) is 2.27. The lowest BCUT2D eigenvalue weighted by Gasteiger charge is -2.12. The molecule has 0 amide bonds. The van der Waals surface area contributed by atoms with Gasteiger partial charge in [0.15, 0.2) is 0 Å². The third kappa shape index (κ3) is 4.87. The number of ether oxygens (including phenoxy) is 1. The number of halogens is 1. The minimum absolute atomic E-state index is 0.418. The van der Waals surface area contributed by atoms with Gasteiger partial charge in [-0.2, -0.15) is 0 Å². The minimum Gasteiger partial charge on any atom is -0.493 e. The molecule has 0 bridgehead atoms. The molecule has 0 heterocycles. The zero-order valence-corrected chi connectivity index (χ0v) is 12.3. The number of hydrogen-bond acceptors (Lipinski definition) is 2. The van der Waals surface area contributed by atoms with Crippen molar-refractivity contribution in [3.63, 3.8) is 0 Å². The van der Waals surface area contributed by atoms with E-state index in [1.54, 1.807) is 0 Å². The van der Waals surface area contributed by atoms with Crippen molar-refractivity contribution in [2.75, 3.05) is 6.61 Å². The Balaban J connectivity index is 1.76. The van der Waals surface area contributed by atoms with Crippen LogP contribution in [0.5, 0.6) is 5.75 Å². The molecule has 0 saturated carbocycles. The lowest BCUT2D eigenvalue weighted by Crippen LogP contribution is -2.14. The molecule has 0 spiro atoms. The van der Waals surface area contributed by atoms with E-state index < -0.39 is 6.10 Å². The maximum absolute atomic E-state index is 10.0. The summed E-state index contributed by atoms with van der Waals surface area (Å²) >= 11 is 5.92. The summed E-state index contributed by atoms with van der Waals surface area (Å²) in [5.74, 6) is 0.847. The van der Waals surface area contributed by atoms with E-state index in [-0.39, 0.29) is 0 Å². The highest BCUT2D eigenvalue weighted by Crippen LogP contribution is 2.15. The first-order valence-electron chi connectivity index (χ1n) is 6.75. The van der Waals surface area contributed by atoms with Crippen molar-refractivity contribution in [3.8, 4) is 5.75 Å². The second-order valence-corrected chi connectivity index (χ2v) is 5.38. The summed E-state index contributed by atoms with van der Waals surface area (Å²) in [6.45, 7) is 2.53. The molecule has 106 valence electrons. The monoisotopic (exact) mass is 290 g/mol. The first-order chi connectivity index (χ1) is 9.63. The molecule has 1 atom stereocenters. The Kier molecular flexibility index (Phi) is 5.45. The molecule has 2 aromatic carbocycles. The van der Waals surface area contributed by atoms with Crippen molar-refractivity contribution >= 4 is 11.6 Å². The highest BCUT2D eigenvalue weighted by molar-refractivity contribution is 6.30. The van der Waals surface area contributed by atoms with Crippen molar-refractivity contribution in [2.24, 2.45) is 0 Å². The Hall–Kier alpha value is -1.51. The van der Waals surface area contributed by atoms with E-state index in [9.17, 15) is 5.11 Å². The number of rotatable bonds is 6. The molecule has 0 aliphatic carbocycles. The average Bonchev–Trinajstić information content (AvgIpc) is 2.38. The molecule has 0 radical (unpaired) electrons. The van der Waals surface area contributed by atoms with Gasteiger partial charge < -0.3 is 9.84 Å². The Morgan fingerprint density at radius 1 is 1.15 bits per heavy atom. The smallest absolute Gasteiger partial charge is 0.119 e. The number of aliphatic hydroxyl groups is 1. The SMILES string of the molecule is Cc1cccc(OCCC(O)Cc2cccc(Cl)c2)c1. The summed E-state index contributed by atoms with van der Waals surface area (Å²) in [6.07, 6.45) is 0.774. The van der Waals surface area contributed by atoms with Crippen molar-refractivity contribution in [1.82, 2.24) is 0 Å². The third-order valence-corrected chi connectivity index (χ3v) is 3.30. The lowest BCUT2D eigenvalue weighted by molar-refractivity contribution is 0.139. The Morgan fingerprint density at radius 3 is 2.70 bits per heavy atom. The van der Waals surface area contributed by atoms with Gasteiger partial charge in [0.25, 0.3) is 0 Å². The molecule has 0 aliphatic rings. The van der Waals surface area contributed by atoms with Crippen LogP contribution in [0.1, 0.15) is 17.5 Å². The van der Waals surface area contributed by atoms with E-state index in [0.29, 0.717) is 24.5 Å². The van der Waals surface area contributed by atoms with E-state index in [2.05, 4.69) is 0 Å². The molecule has 20 heavy (non-hydrogen) atoms. The fourth-order valence-electron chi connectivity index (χ4n) is 2.06. The van der Waals surface area contributed by atoms with E-state index >= 15 is 0 Å². The first kappa shape index (κ1) is 14.9. The zero-order valence-electron chi connectivity index (χ0n) is 11.6. The van der Waals surface area contributed by atoms with Crippen LogP contribution >= 0.6 is 11.6 Å². The molecule has 1 unspecified atom stereocenters. The Labute approximate surface area is 125 Å². The average molecular weight is 291 g/mol. The van der Waals surface area contributed by atoms with Crippen LogP contribution in [0, 0.1) is 6.92 Å². The lowest BCUT2D eigenvalue weighted by atomic mass is 10.1. The van der Waals surface area contributed by atoms with Gasteiger partial charge >= 0.3 is 0 Å². The molecule has 0 aliphatic heterocycles. The number of hydrogen-bond donors (Lipinski definition) is 1. The summed E-state index contributed by atoms with van der Waals surface area (Å²) in [7, 11) is 0. The van der Waals surface area contributed by atoms with E-state index in [0.717, 1.165) is 11.3 Å². The van der Waals surface area contributed by atoms with Gasteiger partial charge in [-0.05, 0) is 48.7 Å². The molecule has 1 N–H and O–H groups in total. The van der Waals surface area contributed by atoms with Crippen molar-refractivity contribution < 1.29 is 9.84 Å². The van der Waals surface area contributed by atoms with Crippen LogP contribution in [0.15, 0.2) is 48.5 Å². The summed E-state index contributed by atoms with van der Waals surface area (Å²) in [4.78, 5) is 0. The zero-order chi connectivity index (χ0) is 14.4. The van der Waals surface area contributed by atoms with Crippen molar-refractivity contribution in [1.29, 1.82) is 0 Å². The van der Waals surface area contributed by atoms with E-state index in [1.807, 2.05) is 55.5 Å². The summed E-state index contributed by atoms with van der Waals surface area (Å²) in [5.41, 5.74) is 2.21. The molecule has 0 saturated heterocycles. The first-order valence-corrected chi connectivity index (χ1v) is 7.13. The summed E-state index contributed by atoms with van der Waals surface area (Å²) in [6, 6.07) is 15.5. The molecular formula is C17H19ClO2. The molecule has 0 aromatic heterocycles. The number of aryl methyl sites for hydroxylation is 1. The van der Waals surface area contributed by atoms with Crippen LogP contribution in [0.2, 0.25) is 5.02 Å². The summed E-state index contributed by atoms with van der Waals surface area (Å²) < 4.78 is 5.63. The Morgan fingerprint density at radius 2 is 1.95 bits per heavy atom. The van der Waals surface area contributed by atoms with Crippen molar-refractivity contribution in [2.45, 2.75) is 25.9 Å². The predicted octanol–water partition coefficient (Wildman–Crippen LogP) is 4.02. The van der Waals surface area contributed by atoms with E-state index in [4.69, 9.17) is 16.3 Å². The number of aliphatic hydroxyl groups excluding tert-OH is 1. The number of benzene rings is 2. The van der Waals surface area contributed by atoms with Crippen LogP contribution in [0.3, 0.4) is 0 Å². The normalized spacial score (nSPS) is 12.2. The standard InChI is InChI=1S/C17H19ClO2/c1-13-4-2-7-17(10-13)20-9-8-16(19)12-14-5-3-6-15(18)11-14/h2-7,10-11,16,19H,8-9,12H2,1H3. The van der Waals surface area contributed by atoms with Gasteiger partial charge in [-0.25, -0.2) is 0 Å². The molecule has 2 rings (SSSR count). The molecule has 2 aromatic rings. The van der Waals surface area contributed by atoms with Gasteiger partial charge in [-0.1, -0.05) is 35.9 Å². The fraction of sp³-hybridized carbons (Fsp3) is 0.294. The predicted molar refractivity (Wildman–Crippen MR) is 82.5 cm³/mol. The van der Waals surface area contributed by atoms with Crippen LogP contribution in [0.25, 0.3) is 0 Å².